The number of carbonyl (C=O) groups is 1. The summed E-state index contributed by atoms with van der Waals surface area (Å²) in [7, 11) is 0. The van der Waals surface area contributed by atoms with Crippen LogP contribution in [0.5, 0.6) is 0 Å². The Hall–Kier alpha value is -3.85. The Morgan fingerprint density at radius 1 is 0.733 bits per heavy atom. The summed E-state index contributed by atoms with van der Waals surface area (Å²) in [6.07, 6.45) is 0. The van der Waals surface area contributed by atoms with Crippen LogP contribution in [0, 0.1) is 0 Å². The maximum absolute atomic E-state index is 12.8. The molecule has 0 aliphatic rings. The van der Waals surface area contributed by atoms with Crippen LogP contribution in [0.25, 0.3) is 32.9 Å². The number of hydrogen-bond acceptors (Lipinski definition) is 1. The van der Waals surface area contributed by atoms with Crippen LogP contribution in [0.2, 0.25) is 0 Å². The predicted octanol–water partition coefficient (Wildman–Crippen LogP) is 6.73. The van der Waals surface area contributed by atoms with Gasteiger partial charge in [-0.3, -0.25) is 4.79 Å². The van der Waals surface area contributed by atoms with Crippen LogP contribution in [-0.4, -0.2) is 10.5 Å². The number of fused-ring (bicyclic) bond motifs is 3. The lowest BCUT2D eigenvalue weighted by Crippen LogP contribution is -2.11. The lowest BCUT2D eigenvalue weighted by molar-refractivity contribution is 0.102. The number of hydrogen-bond donors (Lipinski definition) is 1. The number of anilines is 1. The van der Waals surface area contributed by atoms with Gasteiger partial charge < -0.3 is 9.88 Å². The summed E-state index contributed by atoms with van der Waals surface area (Å²) in [5, 5.41) is 5.42. The number of nitrogens with zero attached hydrogens (tertiary/aromatic N) is 1. The van der Waals surface area contributed by atoms with E-state index in [-0.39, 0.29) is 5.91 Å². The second-order valence-electron chi connectivity index (χ2n) is 7.39. The van der Waals surface area contributed by atoms with Crippen molar-refractivity contribution in [1.29, 1.82) is 0 Å². The molecular formula is C27H22N2O. The summed E-state index contributed by atoms with van der Waals surface area (Å²) in [6, 6.07) is 32.4. The fourth-order valence-electron chi connectivity index (χ4n) is 4.12. The number of rotatable bonds is 4. The maximum atomic E-state index is 12.8. The molecule has 0 bridgehead atoms. The van der Waals surface area contributed by atoms with E-state index >= 15 is 0 Å². The first-order chi connectivity index (χ1) is 14.7. The molecule has 0 saturated heterocycles. The number of nitrogens with one attached hydrogen (secondary N) is 1. The molecule has 5 aromatic rings. The van der Waals surface area contributed by atoms with Gasteiger partial charge in [0, 0.05) is 39.6 Å². The zero-order valence-electron chi connectivity index (χ0n) is 16.8. The summed E-state index contributed by atoms with van der Waals surface area (Å²) in [5.41, 5.74) is 6.09. The Morgan fingerprint density at radius 3 is 2.17 bits per heavy atom. The molecule has 0 aliphatic heterocycles. The average Bonchev–Trinajstić information content (AvgIpc) is 3.13. The van der Waals surface area contributed by atoms with Crippen molar-refractivity contribution in [2.45, 2.75) is 13.5 Å². The summed E-state index contributed by atoms with van der Waals surface area (Å²) in [5.74, 6) is -0.104. The van der Waals surface area contributed by atoms with Crippen molar-refractivity contribution >= 4 is 33.4 Å². The van der Waals surface area contributed by atoms with Gasteiger partial charge in [-0.05, 0) is 54.4 Å². The minimum Gasteiger partial charge on any atom is -0.341 e. The normalized spacial score (nSPS) is 11.1. The van der Waals surface area contributed by atoms with Crippen molar-refractivity contribution in [3.63, 3.8) is 0 Å². The molecule has 3 heteroatoms. The minimum absolute atomic E-state index is 0.104. The number of aryl methyl sites for hydroxylation is 1. The first kappa shape index (κ1) is 18.2. The highest BCUT2D eigenvalue weighted by Gasteiger charge is 2.12. The van der Waals surface area contributed by atoms with E-state index in [1.54, 1.807) is 0 Å². The van der Waals surface area contributed by atoms with E-state index < -0.39 is 0 Å². The first-order valence-electron chi connectivity index (χ1n) is 10.2. The number of aromatic nitrogens is 1. The van der Waals surface area contributed by atoms with E-state index in [0.29, 0.717) is 5.56 Å². The largest absolute Gasteiger partial charge is 0.341 e. The van der Waals surface area contributed by atoms with Crippen LogP contribution in [0.15, 0.2) is 97.1 Å². The molecular weight excluding hydrogens is 368 g/mol. The van der Waals surface area contributed by atoms with E-state index in [4.69, 9.17) is 0 Å². The number of carbonyl (C=O) groups excluding carboxylic acids is 1. The number of para-hydroxylation sites is 1. The van der Waals surface area contributed by atoms with Gasteiger partial charge in [0.25, 0.3) is 5.91 Å². The lowest BCUT2D eigenvalue weighted by atomic mass is 10.0. The van der Waals surface area contributed by atoms with Crippen LogP contribution in [0.1, 0.15) is 17.3 Å². The zero-order chi connectivity index (χ0) is 20.5. The highest BCUT2D eigenvalue weighted by atomic mass is 16.1. The third-order valence-corrected chi connectivity index (χ3v) is 5.60. The van der Waals surface area contributed by atoms with Crippen molar-refractivity contribution in [3.05, 3.63) is 103 Å². The van der Waals surface area contributed by atoms with E-state index in [1.165, 1.54) is 16.4 Å². The summed E-state index contributed by atoms with van der Waals surface area (Å²) >= 11 is 0. The molecule has 0 saturated carbocycles. The lowest BCUT2D eigenvalue weighted by Gasteiger charge is -2.08. The van der Waals surface area contributed by atoms with Crippen molar-refractivity contribution in [1.82, 2.24) is 4.57 Å². The highest BCUT2D eigenvalue weighted by Crippen LogP contribution is 2.31. The molecule has 4 aromatic carbocycles. The van der Waals surface area contributed by atoms with Gasteiger partial charge in [0.2, 0.25) is 0 Å². The smallest absolute Gasteiger partial charge is 0.255 e. The van der Waals surface area contributed by atoms with Gasteiger partial charge in [-0.2, -0.15) is 0 Å². The van der Waals surface area contributed by atoms with Crippen LogP contribution in [0.4, 0.5) is 5.69 Å². The van der Waals surface area contributed by atoms with E-state index in [0.717, 1.165) is 28.7 Å². The predicted molar refractivity (Wildman–Crippen MR) is 125 cm³/mol. The Kier molecular flexibility index (Phi) is 4.56. The molecule has 0 aliphatic carbocycles. The van der Waals surface area contributed by atoms with E-state index in [9.17, 15) is 4.79 Å². The van der Waals surface area contributed by atoms with Gasteiger partial charge in [0.1, 0.15) is 0 Å². The molecule has 30 heavy (non-hydrogen) atoms. The van der Waals surface area contributed by atoms with Gasteiger partial charge in [-0.1, -0.05) is 60.7 Å². The standard InChI is InChI=1S/C27H22N2O/c1-2-29-25-11-7-6-10-23(25)24-18-22(16-17-26(24)29)28-27(30)21-14-12-20(13-15-21)19-8-4-3-5-9-19/h3-18H,2H2,1H3,(H,28,30). The van der Waals surface area contributed by atoms with Crippen molar-refractivity contribution in [2.75, 3.05) is 5.32 Å². The third kappa shape index (κ3) is 3.15. The second-order valence-corrected chi connectivity index (χ2v) is 7.39. The molecule has 0 unspecified atom stereocenters. The van der Waals surface area contributed by atoms with Gasteiger partial charge in [0.15, 0.2) is 0 Å². The van der Waals surface area contributed by atoms with Gasteiger partial charge >= 0.3 is 0 Å². The topological polar surface area (TPSA) is 34.0 Å². The molecule has 3 nitrogen and oxygen atoms in total. The Labute approximate surface area is 175 Å². The van der Waals surface area contributed by atoms with Crippen molar-refractivity contribution in [3.8, 4) is 11.1 Å². The average molecular weight is 390 g/mol. The summed E-state index contributed by atoms with van der Waals surface area (Å²) < 4.78 is 2.30. The van der Waals surface area contributed by atoms with Crippen molar-refractivity contribution < 1.29 is 4.79 Å². The molecule has 1 aromatic heterocycles. The van der Waals surface area contributed by atoms with Gasteiger partial charge in [0.05, 0.1) is 0 Å². The minimum atomic E-state index is -0.104. The molecule has 1 amide bonds. The monoisotopic (exact) mass is 390 g/mol. The Bertz CT molecular complexity index is 1350. The zero-order valence-corrected chi connectivity index (χ0v) is 16.8. The summed E-state index contributed by atoms with van der Waals surface area (Å²) in [6.45, 7) is 3.06. The SMILES string of the molecule is CCn1c2ccccc2c2cc(NC(=O)c3ccc(-c4ccccc4)cc3)ccc21. The Morgan fingerprint density at radius 2 is 1.40 bits per heavy atom. The molecule has 146 valence electrons. The van der Waals surface area contributed by atoms with Gasteiger partial charge in [-0.15, -0.1) is 0 Å². The molecule has 5 rings (SSSR count). The fourth-order valence-corrected chi connectivity index (χ4v) is 4.12. The van der Waals surface area contributed by atoms with E-state index in [1.807, 2.05) is 48.5 Å². The molecule has 0 fully saturated rings. The first-order valence-corrected chi connectivity index (χ1v) is 10.2. The molecule has 1 heterocycles. The highest BCUT2D eigenvalue weighted by molar-refractivity contribution is 6.11. The summed E-state index contributed by atoms with van der Waals surface area (Å²) in [4.78, 5) is 12.8. The van der Waals surface area contributed by atoms with Crippen LogP contribution < -0.4 is 5.32 Å². The van der Waals surface area contributed by atoms with Crippen molar-refractivity contribution in [2.24, 2.45) is 0 Å². The molecule has 0 atom stereocenters. The molecule has 0 radical (unpaired) electrons. The molecule has 0 spiro atoms. The number of benzene rings is 4. The van der Waals surface area contributed by atoms with Gasteiger partial charge in [-0.25, -0.2) is 0 Å². The molecule has 1 N–H and O–H groups in total. The van der Waals surface area contributed by atoms with Crippen LogP contribution in [0.3, 0.4) is 0 Å². The quantitative estimate of drug-likeness (QED) is 0.362. The Balaban J connectivity index is 1.44. The van der Waals surface area contributed by atoms with E-state index in [2.05, 4.69) is 65.3 Å². The second kappa shape index (κ2) is 7.53. The fraction of sp³-hybridized carbons (Fsp3) is 0.0741. The van der Waals surface area contributed by atoms with Crippen LogP contribution >= 0.6 is 0 Å². The third-order valence-electron chi connectivity index (χ3n) is 5.60. The number of amides is 1. The van der Waals surface area contributed by atoms with Crippen LogP contribution in [-0.2, 0) is 6.54 Å². The maximum Gasteiger partial charge on any atom is 0.255 e.